The van der Waals surface area contributed by atoms with Crippen LogP contribution in [0, 0.1) is 12.8 Å². The lowest BCUT2D eigenvalue weighted by atomic mass is 9.95. The van der Waals surface area contributed by atoms with Crippen molar-refractivity contribution < 1.29 is 0 Å². The molecule has 0 aliphatic carbocycles. The van der Waals surface area contributed by atoms with Gasteiger partial charge in [0.2, 0.25) is 0 Å². The highest BCUT2D eigenvalue weighted by Crippen LogP contribution is 2.30. The second-order valence-electron chi connectivity index (χ2n) is 6.82. The van der Waals surface area contributed by atoms with Gasteiger partial charge in [-0.15, -0.1) is 5.10 Å². The molecule has 3 saturated heterocycles. The molecule has 2 atom stereocenters. The fourth-order valence-electron chi connectivity index (χ4n) is 3.90. The summed E-state index contributed by atoms with van der Waals surface area (Å²) in [5.74, 6) is 0.777. The number of hydrogen-bond acceptors (Lipinski definition) is 6. The largest absolute Gasteiger partial charge is 0.296 e. The van der Waals surface area contributed by atoms with Gasteiger partial charge >= 0.3 is 0 Å². The quantitative estimate of drug-likeness (QED) is 0.861. The lowest BCUT2D eigenvalue weighted by Crippen LogP contribution is -2.43. The van der Waals surface area contributed by atoms with Gasteiger partial charge in [-0.2, -0.15) is 0 Å². The molecular formula is C17H23N5S. The minimum Gasteiger partial charge on any atom is -0.296 e. The molecule has 5 heterocycles. The molecule has 0 radical (unpaired) electrons. The highest BCUT2D eigenvalue weighted by atomic mass is 32.1. The van der Waals surface area contributed by atoms with Crippen LogP contribution in [-0.2, 0) is 13.1 Å². The van der Waals surface area contributed by atoms with Crippen molar-refractivity contribution in [1.29, 1.82) is 0 Å². The molecule has 3 aliphatic heterocycles. The van der Waals surface area contributed by atoms with E-state index in [2.05, 4.69) is 43.4 Å². The van der Waals surface area contributed by atoms with Gasteiger partial charge in [0.05, 0.1) is 16.3 Å². The summed E-state index contributed by atoms with van der Waals surface area (Å²) >= 11 is 1.55. The van der Waals surface area contributed by atoms with E-state index in [4.69, 9.17) is 0 Å². The molecule has 122 valence electrons. The molecule has 3 aliphatic rings. The Morgan fingerprint density at radius 2 is 2.13 bits per heavy atom. The molecule has 0 aromatic carbocycles. The van der Waals surface area contributed by atoms with E-state index >= 15 is 0 Å². The van der Waals surface area contributed by atoms with Crippen molar-refractivity contribution in [2.45, 2.75) is 38.9 Å². The van der Waals surface area contributed by atoms with Crippen molar-refractivity contribution in [2.24, 2.45) is 5.92 Å². The first-order valence-electron chi connectivity index (χ1n) is 8.42. The summed E-state index contributed by atoms with van der Waals surface area (Å²) in [5.41, 5.74) is 2.28. The van der Waals surface area contributed by atoms with E-state index in [-0.39, 0.29) is 0 Å². The molecule has 3 fully saturated rings. The Hall–Kier alpha value is -1.37. The van der Waals surface area contributed by atoms with Gasteiger partial charge in [-0.1, -0.05) is 10.6 Å². The zero-order chi connectivity index (χ0) is 15.6. The van der Waals surface area contributed by atoms with Gasteiger partial charge in [0.1, 0.15) is 0 Å². The number of hydrogen-bond donors (Lipinski definition) is 0. The van der Waals surface area contributed by atoms with E-state index in [1.807, 2.05) is 12.3 Å². The summed E-state index contributed by atoms with van der Waals surface area (Å²) in [4.78, 5) is 11.1. The first-order chi connectivity index (χ1) is 11.3. The summed E-state index contributed by atoms with van der Waals surface area (Å²) in [5, 5.41) is 4.16. The number of nitrogens with zero attached hydrogens (tertiary/aromatic N) is 5. The number of aryl methyl sites for hydroxylation is 1. The SMILES string of the molecule is Cc1nnsc1CN1C[C@@H]2CC[C@H]1CN(Cc1ccccn1)C2. The summed E-state index contributed by atoms with van der Waals surface area (Å²) in [6.45, 7) is 7.62. The summed E-state index contributed by atoms with van der Waals surface area (Å²) in [7, 11) is 0. The molecule has 0 saturated carbocycles. The number of aromatic nitrogens is 3. The maximum absolute atomic E-state index is 4.50. The molecule has 0 N–H and O–H groups in total. The zero-order valence-corrected chi connectivity index (χ0v) is 14.4. The fraction of sp³-hybridized carbons (Fsp3) is 0.588. The summed E-state index contributed by atoms with van der Waals surface area (Å²) < 4.78 is 4.09. The smallest absolute Gasteiger partial charge is 0.0769 e. The Morgan fingerprint density at radius 3 is 2.91 bits per heavy atom. The third kappa shape index (κ3) is 3.44. The Balaban J connectivity index is 1.45. The van der Waals surface area contributed by atoms with Crippen molar-refractivity contribution in [3.63, 3.8) is 0 Å². The lowest BCUT2D eigenvalue weighted by Gasteiger charge is -2.35. The highest BCUT2D eigenvalue weighted by molar-refractivity contribution is 7.05. The zero-order valence-electron chi connectivity index (χ0n) is 13.6. The van der Waals surface area contributed by atoms with E-state index < -0.39 is 0 Å². The molecular weight excluding hydrogens is 306 g/mol. The van der Waals surface area contributed by atoms with Gasteiger partial charge in [-0.05, 0) is 49.3 Å². The van der Waals surface area contributed by atoms with Crippen LogP contribution >= 0.6 is 11.5 Å². The lowest BCUT2D eigenvalue weighted by molar-refractivity contribution is 0.124. The number of rotatable bonds is 4. The molecule has 6 heteroatoms. The predicted molar refractivity (Wildman–Crippen MR) is 91.1 cm³/mol. The van der Waals surface area contributed by atoms with E-state index in [1.165, 1.54) is 36.5 Å². The van der Waals surface area contributed by atoms with Crippen LogP contribution in [0.3, 0.4) is 0 Å². The normalized spacial score (nSPS) is 25.6. The number of fused-ring (bicyclic) bond motifs is 4. The van der Waals surface area contributed by atoms with Gasteiger partial charge in [-0.3, -0.25) is 14.8 Å². The van der Waals surface area contributed by atoms with Crippen LogP contribution in [0.4, 0.5) is 0 Å². The van der Waals surface area contributed by atoms with Crippen molar-refractivity contribution >= 4 is 11.5 Å². The molecule has 5 rings (SSSR count). The average Bonchev–Trinajstić information content (AvgIpc) is 2.78. The van der Waals surface area contributed by atoms with E-state index in [9.17, 15) is 0 Å². The molecule has 0 amide bonds. The van der Waals surface area contributed by atoms with Gasteiger partial charge < -0.3 is 0 Å². The molecule has 0 spiro atoms. The van der Waals surface area contributed by atoms with Gasteiger partial charge in [-0.25, -0.2) is 0 Å². The van der Waals surface area contributed by atoms with Gasteiger partial charge in [0.25, 0.3) is 0 Å². The molecule has 2 aromatic rings. The van der Waals surface area contributed by atoms with Crippen LogP contribution < -0.4 is 0 Å². The average molecular weight is 329 g/mol. The van der Waals surface area contributed by atoms with E-state index in [0.29, 0.717) is 6.04 Å². The predicted octanol–water partition coefficient (Wildman–Crippen LogP) is 2.34. The molecule has 23 heavy (non-hydrogen) atoms. The van der Waals surface area contributed by atoms with Gasteiger partial charge in [0.15, 0.2) is 0 Å². The number of piperidine rings is 1. The minimum absolute atomic E-state index is 0.652. The Labute approximate surface area is 141 Å². The van der Waals surface area contributed by atoms with Crippen molar-refractivity contribution in [3.05, 3.63) is 40.7 Å². The monoisotopic (exact) mass is 329 g/mol. The maximum atomic E-state index is 4.50. The third-order valence-corrected chi connectivity index (χ3v) is 5.91. The van der Waals surface area contributed by atoms with Gasteiger partial charge in [0, 0.05) is 45.0 Å². The number of pyridine rings is 1. The third-order valence-electron chi connectivity index (χ3n) is 5.11. The Morgan fingerprint density at radius 1 is 1.17 bits per heavy atom. The molecule has 0 unspecified atom stereocenters. The van der Waals surface area contributed by atoms with Crippen LogP contribution in [0.25, 0.3) is 0 Å². The highest BCUT2D eigenvalue weighted by Gasteiger charge is 2.35. The van der Waals surface area contributed by atoms with Crippen LogP contribution in [0.1, 0.15) is 29.1 Å². The standard InChI is InChI=1S/C17H23N5S/c1-13-17(23-20-19-13)12-22-9-14-5-6-16(22)11-21(8-14)10-15-4-2-3-7-18-15/h2-4,7,14,16H,5-6,8-12H2,1H3/t14-,16+/m1/s1. The maximum Gasteiger partial charge on any atom is 0.0769 e. The van der Waals surface area contributed by atoms with E-state index in [0.717, 1.165) is 31.2 Å². The second kappa shape index (κ2) is 6.63. The Kier molecular flexibility index (Phi) is 4.37. The first-order valence-corrected chi connectivity index (χ1v) is 9.19. The first kappa shape index (κ1) is 15.2. The molecule has 2 aromatic heterocycles. The minimum atomic E-state index is 0.652. The van der Waals surface area contributed by atoms with Crippen molar-refractivity contribution in [1.82, 2.24) is 24.4 Å². The topological polar surface area (TPSA) is 45.2 Å². The molecule has 2 bridgehead atoms. The van der Waals surface area contributed by atoms with E-state index in [1.54, 1.807) is 11.5 Å². The summed E-state index contributed by atoms with van der Waals surface area (Å²) in [6.07, 6.45) is 4.57. The van der Waals surface area contributed by atoms with Crippen molar-refractivity contribution in [2.75, 3.05) is 19.6 Å². The Bertz CT molecular complexity index is 643. The second-order valence-corrected chi connectivity index (χ2v) is 7.66. The fourth-order valence-corrected chi connectivity index (χ4v) is 4.56. The van der Waals surface area contributed by atoms with Crippen LogP contribution in [0.2, 0.25) is 0 Å². The van der Waals surface area contributed by atoms with Crippen LogP contribution in [-0.4, -0.2) is 50.0 Å². The summed E-state index contributed by atoms with van der Waals surface area (Å²) in [6, 6.07) is 6.86. The van der Waals surface area contributed by atoms with Crippen LogP contribution in [0.5, 0.6) is 0 Å². The van der Waals surface area contributed by atoms with Crippen LogP contribution in [0.15, 0.2) is 24.4 Å². The van der Waals surface area contributed by atoms with Crippen molar-refractivity contribution in [3.8, 4) is 0 Å². The molecule has 5 nitrogen and oxygen atoms in total.